The Balaban J connectivity index is 1.58. The number of hydrogen-bond donors (Lipinski definition) is 0. The molecule has 0 N–H and O–H groups in total. The van der Waals surface area contributed by atoms with Crippen molar-refractivity contribution in [3.8, 4) is 16.9 Å². The van der Waals surface area contributed by atoms with Crippen LogP contribution in [0.15, 0.2) is 60.9 Å². The highest BCUT2D eigenvalue weighted by Gasteiger charge is 2.30. The fourth-order valence-corrected chi connectivity index (χ4v) is 2.97. The molecule has 5 nitrogen and oxygen atoms in total. The van der Waals surface area contributed by atoms with Gasteiger partial charge in [0.1, 0.15) is 11.6 Å². The van der Waals surface area contributed by atoms with E-state index in [1.54, 1.807) is 30.6 Å². The number of alkyl halides is 3. The van der Waals surface area contributed by atoms with Crippen LogP contribution < -0.4 is 4.74 Å². The van der Waals surface area contributed by atoms with Crippen LogP contribution in [0.25, 0.3) is 11.1 Å². The second-order valence-electron chi connectivity index (χ2n) is 6.29. The third kappa shape index (κ3) is 3.66. The maximum absolute atomic E-state index is 12.7. The van der Waals surface area contributed by atoms with Crippen LogP contribution in [-0.2, 0) is 19.3 Å². The lowest BCUT2D eigenvalue weighted by molar-refractivity contribution is -0.137. The number of halogens is 3. The first kappa shape index (κ1) is 18.0. The fourth-order valence-electron chi connectivity index (χ4n) is 2.97. The summed E-state index contributed by atoms with van der Waals surface area (Å²) in [4.78, 5) is 21.9. The number of carbonyl (C=O) groups is 1. The maximum Gasteiger partial charge on any atom is 0.416 e. The highest BCUT2D eigenvalue weighted by molar-refractivity contribution is 5.75. The third-order valence-electron chi connectivity index (χ3n) is 4.37. The molecule has 0 radical (unpaired) electrons. The molecule has 28 heavy (non-hydrogen) atoms. The number of benzene rings is 2. The number of hydrogen-bond acceptors (Lipinski definition) is 4. The molecule has 0 aliphatic carbocycles. The van der Waals surface area contributed by atoms with Crippen molar-refractivity contribution in [2.45, 2.75) is 19.3 Å². The summed E-state index contributed by atoms with van der Waals surface area (Å²) in [5.74, 6) is 0.924. The minimum absolute atomic E-state index is 0.198. The molecule has 0 saturated heterocycles. The lowest BCUT2D eigenvalue weighted by Gasteiger charge is -2.27. The van der Waals surface area contributed by atoms with Crippen LogP contribution >= 0.6 is 0 Å². The smallest absolute Gasteiger partial charge is 0.410 e. The standard InChI is InChI=1S/C20H14F3N3O2/c21-20(22,23)16-5-2-13(3-6-16)14-4-7-17-15(10-14)11-26(19(27)28-17)12-18-24-8-1-9-25-18/h1-10H,11-12H2. The predicted octanol–water partition coefficient (Wildman–Crippen LogP) is 4.68. The Morgan fingerprint density at radius 1 is 1.00 bits per heavy atom. The summed E-state index contributed by atoms with van der Waals surface area (Å²) in [5, 5.41) is 0. The Kier molecular flexibility index (Phi) is 4.46. The number of nitrogens with zero attached hydrogens (tertiary/aromatic N) is 3. The molecule has 1 aromatic heterocycles. The van der Waals surface area contributed by atoms with Gasteiger partial charge in [0.2, 0.25) is 0 Å². The monoisotopic (exact) mass is 385 g/mol. The van der Waals surface area contributed by atoms with Crippen molar-refractivity contribution < 1.29 is 22.7 Å². The Morgan fingerprint density at radius 2 is 1.68 bits per heavy atom. The first-order valence-corrected chi connectivity index (χ1v) is 8.43. The van der Waals surface area contributed by atoms with E-state index >= 15 is 0 Å². The lowest BCUT2D eigenvalue weighted by Crippen LogP contribution is -2.36. The van der Waals surface area contributed by atoms with E-state index in [0.717, 1.165) is 23.3 Å². The zero-order valence-electron chi connectivity index (χ0n) is 14.5. The molecule has 0 spiro atoms. The van der Waals surface area contributed by atoms with Gasteiger partial charge in [0, 0.05) is 18.0 Å². The molecule has 4 rings (SSSR count). The summed E-state index contributed by atoms with van der Waals surface area (Å²) in [6, 6.07) is 11.8. The van der Waals surface area contributed by atoms with Crippen LogP contribution in [0.1, 0.15) is 17.0 Å². The maximum atomic E-state index is 12.7. The van der Waals surface area contributed by atoms with Crippen LogP contribution in [0.5, 0.6) is 5.75 Å². The van der Waals surface area contributed by atoms with Gasteiger partial charge in [0.15, 0.2) is 0 Å². The first-order valence-electron chi connectivity index (χ1n) is 8.43. The Labute approximate surface area is 158 Å². The Morgan fingerprint density at radius 3 is 2.36 bits per heavy atom. The van der Waals surface area contributed by atoms with Crippen molar-refractivity contribution in [2.75, 3.05) is 0 Å². The summed E-state index contributed by atoms with van der Waals surface area (Å²) in [5.41, 5.74) is 1.44. The molecule has 0 atom stereocenters. The van der Waals surface area contributed by atoms with E-state index in [4.69, 9.17) is 4.74 Å². The van der Waals surface area contributed by atoms with E-state index in [-0.39, 0.29) is 6.54 Å². The normalized spacial score (nSPS) is 13.8. The average molecular weight is 385 g/mol. The van der Waals surface area contributed by atoms with Crippen LogP contribution in [0.2, 0.25) is 0 Å². The minimum Gasteiger partial charge on any atom is -0.410 e. The molecule has 0 bridgehead atoms. The summed E-state index contributed by atoms with van der Waals surface area (Å²) >= 11 is 0. The zero-order valence-corrected chi connectivity index (χ0v) is 14.5. The summed E-state index contributed by atoms with van der Waals surface area (Å²) in [6.45, 7) is 0.491. The molecule has 1 aliphatic rings. The largest absolute Gasteiger partial charge is 0.416 e. The van der Waals surface area contributed by atoms with Crippen molar-refractivity contribution in [3.63, 3.8) is 0 Å². The quantitative estimate of drug-likeness (QED) is 0.657. The summed E-state index contributed by atoms with van der Waals surface area (Å²) < 4.78 is 43.6. The van der Waals surface area contributed by atoms with Gasteiger partial charge >= 0.3 is 12.3 Å². The van der Waals surface area contributed by atoms with Gasteiger partial charge in [-0.1, -0.05) is 18.2 Å². The second kappa shape index (κ2) is 6.95. The van der Waals surface area contributed by atoms with Gasteiger partial charge in [-0.2, -0.15) is 13.2 Å². The van der Waals surface area contributed by atoms with Crippen LogP contribution in [-0.4, -0.2) is 21.0 Å². The van der Waals surface area contributed by atoms with Gasteiger partial charge < -0.3 is 4.74 Å². The zero-order chi connectivity index (χ0) is 19.7. The topological polar surface area (TPSA) is 55.3 Å². The number of rotatable bonds is 3. The van der Waals surface area contributed by atoms with E-state index in [1.165, 1.54) is 17.0 Å². The summed E-state index contributed by atoms with van der Waals surface area (Å²) in [7, 11) is 0. The highest BCUT2D eigenvalue weighted by atomic mass is 19.4. The van der Waals surface area contributed by atoms with E-state index in [2.05, 4.69) is 9.97 Å². The van der Waals surface area contributed by atoms with Gasteiger partial charge in [-0.05, 0) is 41.5 Å². The predicted molar refractivity (Wildman–Crippen MR) is 94.2 cm³/mol. The van der Waals surface area contributed by atoms with Crippen LogP contribution in [0.4, 0.5) is 18.0 Å². The number of amides is 1. The molecule has 1 aliphatic heterocycles. The third-order valence-corrected chi connectivity index (χ3v) is 4.37. The van der Waals surface area contributed by atoms with E-state index < -0.39 is 17.8 Å². The molecule has 8 heteroatoms. The van der Waals surface area contributed by atoms with Crippen molar-refractivity contribution in [3.05, 3.63) is 77.9 Å². The Bertz CT molecular complexity index is 1010. The number of aromatic nitrogens is 2. The molecule has 3 aromatic rings. The molecule has 2 aromatic carbocycles. The van der Waals surface area contributed by atoms with Gasteiger partial charge in [-0.15, -0.1) is 0 Å². The van der Waals surface area contributed by atoms with Crippen LogP contribution in [0, 0.1) is 0 Å². The molecular weight excluding hydrogens is 371 g/mol. The lowest BCUT2D eigenvalue weighted by atomic mass is 10.0. The Hall–Kier alpha value is -3.42. The van der Waals surface area contributed by atoms with Crippen molar-refractivity contribution in [1.29, 1.82) is 0 Å². The van der Waals surface area contributed by atoms with E-state index in [0.29, 0.717) is 23.7 Å². The number of carbonyl (C=O) groups excluding carboxylic acids is 1. The number of ether oxygens (including phenoxy) is 1. The fraction of sp³-hybridized carbons (Fsp3) is 0.150. The van der Waals surface area contributed by atoms with Crippen molar-refractivity contribution in [2.24, 2.45) is 0 Å². The molecule has 0 saturated carbocycles. The number of fused-ring (bicyclic) bond motifs is 1. The van der Waals surface area contributed by atoms with Crippen molar-refractivity contribution in [1.82, 2.24) is 14.9 Å². The van der Waals surface area contributed by atoms with Crippen molar-refractivity contribution >= 4 is 6.09 Å². The molecule has 0 fully saturated rings. The highest BCUT2D eigenvalue weighted by Crippen LogP contribution is 2.34. The molecule has 1 amide bonds. The molecule has 2 heterocycles. The minimum atomic E-state index is -4.37. The van der Waals surface area contributed by atoms with E-state index in [9.17, 15) is 18.0 Å². The van der Waals surface area contributed by atoms with Gasteiger partial charge in [0.05, 0.1) is 18.7 Å². The van der Waals surface area contributed by atoms with Gasteiger partial charge in [0.25, 0.3) is 0 Å². The first-order chi connectivity index (χ1) is 13.4. The van der Waals surface area contributed by atoms with Gasteiger partial charge in [-0.25, -0.2) is 14.8 Å². The van der Waals surface area contributed by atoms with E-state index in [1.807, 2.05) is 6.07 Å². The molecule has 0 unspecified atom stereocenters. The van der Waals surface area contributed by atoms with Crippen LogP contribution in [0.3, 0.4) is 0 Å². The second-order valence-corrected chi connectivity index (χ2v) is 6.29. The van der Waals surface area contributed by atoms with Gasteiger partial charge in [-0.3, -0.25) is 4.90 Å². The molecular formula is C20H14F3N3O2. The summed E-state index contributed by atoms with van der Waals surface area (Å²) in [6.07, 6.45) is -1.69. The SMILES string of the molecule is O=C1Oc2ccc(-c3ccc(C(F)(F)F)cc3)cc2CN1Cc1ncccn1. The average Bonchev–Trinajstić information content (AvgIpc) is 2.68. The molecule has 142 valence electrons.